The second kappa shape index (κ2) is 5.10. The Morgan fingerprint density at radius 1 is 1.33 bits per heavy atom. The molecule has 0 aromatic carbocycles. The second-order valence-electron chi connectivity index (χ2n) is 5.63. The molecule has 0 spiro atoms. The molecule has 1 aromatic heterocycles. The average Bonchev–Trinajstić information content (AvgIpc) is 2.90. The third kappa shape index (κ3) is 2.50. The van der Waals surface area contributed by atoms with Crippen LogP contribution in [0.4, 0.5) is 0 Å². The Morgan fingerprint density at radius 2 is 2.06 bits per heavy atom. The molecule has 0 bridgehead atoms. The van der Waals surface area contributed by atoms with Crippen LogP contribution < -0.4 is 0 Å². The van der Waals surface area contributed by atoms with E-state index in [-0.39, 0.29) is 11.0 Å². The van der Waals surface area contributed by atoms with E-state index in [0.717, 1.165) is 24.1 Å². The van der Waals surface area contributed by atoms with Gasteiger partial charge in [0.2, 0.25) is 0 Å². The summed E-state index contributed by atoms with van der Waals surface area (Å²) >= 11 is 4.65. The fourth-order valence-corrected chi connectivity index (χ4v) is 3.80. The topological polar surface area (TPSA) is 36.4 Å². The molecule has 98 valence electrons. The van der Waals surface area contributed by atoms with Crippen LogP contribution in [-0.4, -0.2) is 34.6 Å². The van der Waals surface area contributed by atoms with Gasteiger partial charge in [0, 0.05) is 19.6 Å². The summed E-state index contributed by atoms with van der Waals surface area (Å²) in [4.78, 5) is 6.77. The summed E-state index contributed by atoms with van der Waals surface area (Å²) in [7, 11) is 0. The van der Waals surface area contributed by atoms with Gasteiger partial charge >= 0.3 is 0 Å². The highest BCUT2D eigenvalue weighted by Gasteiger charge is 2.36. The predicted octanol–water partition coefficient (Wildman–Crippen LogP) is 2.49. The van der Waals surface area contributed by atoms with E-state index < -0.39 is 0 Å². The van der Waals surface area contributed by atoms with Gasteiger partial charge in [-0.1, -0.05) is 6.42 Å². The summed E-state index contributed by atoms with van der Waals surface area (Å²) in [5, 5.41) is 9.38. The number of aromatic nitrogens is 1. The van der Waals surface area contributed by atoms with Crippen molar-refractivity contribution in [3.8, 4) is 5.75 Å². The first-order valence-electron chi connectivity index (χ1n) is 6.77. The Labute approximate surface area is 114 Å². The first-order chi connectivity index (χ1) is 8.72. The third-order valence-electron chi connectivity index (χ3n) is 4.35. The largest absolute Gasteiger partial charge is 0.506 e. The molecule has 0 amide bonds. The molecule has 1 aromatic rings. The van der Waals surface area contributed by atoms with Gasteiger partial charge in [0.1, 0.15) is 5.75 Å². The van der Waals surface area contributed by atoms with Crippen LogP contribution in [0.1, 0.15) is 30.2 Å². The van der Waals surface area contributed by atoms with Crippen LogP contribution in [0.2, 0.25) is 0 Å². The van der Waals surface area contributed by atoms with Gasteiger partial charge in [0.05, 0.1) is 17.1 Å². The molecule has 1 saturated heterocycles. The lowest BCUT2D eigenvalue weighted by Crippen LogP contribution is -2.26. The molecule has 2 unspecified atom stereocenters. The van der Waals surface area contributed by atoms with E-state index in [1.807, 2.05) is 6.07 Å². The smallest absolute Gasteiger partial charge is 0.133 e. The van der Waals surface area contributed by atoms with Crippen LogP contribution in [0.5, 0.6) is 5.75 Å². The van der Waals surface area contributed by atoms with E-state index in [1.165, 1.54) is 38.5 Å². The number of aromatic hydroxyl groups is 1. The number of thiol groups is 1. The highest BCUT2D eigenvalue weighted by Crippen LogP contribution is 2.38. The molecular weight excluding hydrogens is 244 g/mol. The van der Waals surface area contributed by atoms with Crippen LogP contribution in [0.15, 0.2) is 18.3 Å². The monoisotopic (exact) mass is 264 g/mol. The van der Waals surface area contributed by atoms with Crippen LogP contribution in [0.25, 0.3) is 0 Å². The van der Waals surface area contributed by atoms with Gasteiger partial charge in [0.15, 0.2) is 0 Å². The highest BCUT2D eigenvalue weighted by atomic mass is 32.1. The molecule has 2 fully saturated rings. The molecule has 1 aliphatic heterocycles. The van der Waals surface area contributed by atoms with Crippen molar-refractivity contribution in [3.63, 3.8) is 0 Å². The lowest BCUT2D eigenvalue weighted by Gasteiger charge is -2.20. The molecule has 1 saturated carbocycles. The van der Waals surface area contributed by atoms with Gasteiger partial charge in [0.25, 0.3) is 0 Å². The molecule has 1 N–H and O–H groups in total. The van der Waals surface area contributed by atoms with Crippen LogP contribution in [0.3, 0.4) is 0 Å². The zero-order valence-corrected chi connectivity index (χ0v) is 11.4. The van der Waals surface area contributed by atoms with Crippen molar-refractivity contribution in [2.75, 3.05) is 19.6 Å². The van der Waals surface area contributed by atoms with Gasteiger partial charge in [-0.05, 0) is 36.8 Å². The third-order valence-corrected chi connectivity index (χ3v) is 4.77. The van der Waals surface area contributed by atoms with E-state index in [4.69, 9.17) is 0 Å². The molecule has 4 heteroatoms. The van der Waals surface area contributed by atoms with Gasteiger partial charge in [-0.2, -0.15) is 12.6 Å². The predicted molar refractivity (Wildman–Crippen MR) is 74.9 cm³/mol. The lowest BCUT2D eigenvalue weighted by molar-refractivity contribution is 0.312. The zero-order valence-electron chi connectivity index (χ0n) is 10.5. The molecule has 3 nitrogen and oxygen atoms in total. The maximum absolute atomic E-state index is 9.23. The minimum atomic E-state index is 0.143. The number of hydrogen-bond donors (Lipinski definition) is 2. The molecule has 1 aliphatic carbocycles. The second-order valence-corrected chi connectivity index (χ2v) is 6.25. The number of pyridine rings is 1. The number of likely N-dealkylation sites (tertiary alicyclic amines) is 1. The molecular formula is C14H20N2OS. The molecule has 2 aliphatic rings. The number of fused-ring (bicyclic) bond motifs is 1. The summed E-state index contributed by atoms with van der Waals surface area (Å²) in [6, 6.07) is 3.55. The van der Waals surface area contributed by atoms with E-state index in [1.54, 1.807) is 6.07 Å². The SMILES string of the molecule is Oc1ccc([C@@H](S)CN2CC3CCCC3C2)nc1. The fraction of sp³-hybridized carbons (Fsp3) is 0.643. The molecule has 3 rings (SSSR count). The van der Waals surface area contributed by atoms with Crippen molar-refractivity contribution in [2.24, 2.45) is 11.8 Å². The van der Waals surface area contributed by atoms with Crippen molar-refractivity contribution < 1.29 is 5.11 Å². The Bertz CT molecular complexity index is 397. The van der Waals surface area contributed by atoms with Crippen LogP contribution >= 0.6 is 12.6 Å². The first-order valence-corrected chi connectivity index (χ1v) is 7.29. The van der Waals surface area contributed by atoms with E-state index in [0.29, 0.717) is 0 Å². The lowest BCUT2D eigenvalue weighted by atomic mass is 10.0. The number of nitrogens with zero attached hydrogens (tertiary/aromatic N) is 2. The quantitative estimate of drug-likeness (QED) is 0.824. The van der Waals surface area contributed by atoms with Gasteiger partial charge in [-0.15, -0.1) is 0 Å². The van der Waals surface area contributed by atoms with Crippen molar-refractivity contribution in [2.45, 2.75) is 24.5 Å². The summed E-state index contributed by atoms with van der Waals surface area (Å²) in [6.45, 7) is 3.44. The molecule has 0 radical (unpaired) electrons. The van der Waals surface area contributed by atoms with E-state index >= 15 is 0 Å². The molecule has 3 atom stereocenters. The highest BCUT2D eigenvalue weighted by molar-refractivity contribution is 7.80. The van der Waals surface area contributed by atoms with Gasteiger partial charge in [-0.3, -0.25) is 4.98 Å². The number of rotatable bonds is 3. The summed E-state index contributed by atoms with van der Waals surface area (Å²) in [5.41, 5.74) is 0.952. The van der Waals surface area contributed by atoms with Crippen molar-refractivity contribution in [1.82, 2.24) is 9.88 Å². The maximum Gasteiger partial charge on any atom is 0.133 e. The fourth-order valence-electron chi connectivity index (χ4n) is 3.41. The normalized spacial score (nSPS) is 29.4. The Balaban J connectivity index is 1.58. The van der Waals surface area contributed by atoms with Crippen LogP contribution in [-0.2, 0) is 0 Å². The van der Waals surface area contributed by atoms with E-state index in [9.17, 15) is 5.11 Å². The van der Waals surface area contributed by atoms with Gasteiger partial charge in [-0.25, -0.2) is 0 Å². The Morgan fingerprint density at radius 3 is 2.67 bits per heavy atom. The van der Waals surface area contributed by atoms with Crippen LogP contribution in [0, 0.1) is 11.8 Å². The molecule has 2 heterocycles. The van der Waals surface area contributed by atoms with Crippen molar-refractivity contribution in [3.05, 3.63) is 24.0 Å². The first kappa shape index (κ1) is 12.3. The van der Waals surface area contributed by atoms with Gasteiger partial charge < -0.3 is 10.0 Å². The summed E-state index contributed by atoms with van der Waals surface area (Å²) < 4.78 is 0. The minimum Gasteiger partial charge on any atom is -0.506 e. The summed E-state index contributed by atoms with van der Waals surface area (Å²) in [6.07, 6.45) is 5.75. The maximum atomic E-state index is 9.23. The van der Waals surface area contributed by atoms with Crippen molar-refractivity contribution in [1.29, 1.82) is 0 Å². The Kier molecular flexibility index (Phi) is 3.48. The Hall–Kier alpha value is -0.740. The molecule has 18 heavy (non-hydrogen) atoms. The minimum absolute atomic E-state index is 0.143. The van der Waals surface area contributed by atoms with E-state index in [2.05, 4.69) is 22.5 Å². The standard InChI is InChI=1S/C14H20N2OS/c17-12-4-5-13(15-6-12)14(18)9-16-7-10-2-1-3-11(10)8-16/h4-6,10-11,14,17-18H,1-3,7-9H2/t10?,11?,14-/m0/s1. The zero-order chi connectivity index (χ0) is 12.5. The van der Waals surface area contributed by atoms with Crippen molar-refractivity contribution >= 4 is 12.6 Å². The summed E-state index contributed by atoms with van der Waals surface area (Å²) in [5.74, 6) is 2.08. The number of hydrogen-bond acceptors (Lipinski definition) is 4. The average molecular weight is 264 g/mol.